The van der Waals surface area contributed by atoms with E-state index in [1.807, 2.05) is 49.5 Å². The number of para-hydroxylation sites is 1. The maximum absolute atomic E-state index is 10.3. The summed E-state index contributed by atoms with van der Waals surface area (Å²) in [6.07, 6.45) is 7.29. The fourth-order valence-corrected chi connectivity index (χ4v) is 5.85. The molecule has 0 amide bonds. The number of hydrogen-bond donors (Lipinski definition) is 2. The number of quaternary nitrogens is 1. The van der Waals surface area contributed by atoms with Crippen LogP contribution in [0.4, 0.5) is 5.69 Å². The molecule has 0 spiro atoms. The van der Waals surface area contributed by atoms with Crippen LogP contribution in [-0.4, -0.2) is 61.1 Å². The first-order valence-corrected chi connectivity index (χ1v) is 15.5. The molecule has 47 heavy (non-hydrogen) atoms. The molecule has 234 valence electrons. The van der Waals surface area contributed by atoms with Crippen molar-refractivity contribution in [1.29, 1.82) is 15.8 Å². The SMILES string of the molecule is [C-]#[N+]C(C#N)=C(C(C#N)=CC=C1C=C(c2ccccc2)c2ccccc2N1CCCC[N+](C)(CCO)CCO)c1cccc(C#N)c1. The van der Waals surface area contributed by atoms with E-state index < -0.39 is 0 Å². The van der Waals surface area contributed by atoms with Gasteiger partial charge in [-0.3, -0.25) is 0 Å². The second-order valence-electron chi connectivity index (χ2n) is 11.5. The molecule has 0 bridgehead atoms. The van der Waals surface area contributed by atoms with Gasteiger partial charge in [-0.2, -0.15) is 10.5 Å². The van der Waals surface area contributed by atoms with Gasteiger partial charge in [-0.25, -0.2) is 10.1 Å². The summed E-state index contributed by atoms with van der Waals surface area (Å²) in [7, 11) is 2.05. The van der Waals surface area contributed by atoms with Crippen molar-refractivity contribution < 1.29 is 14.7 Å². The van der Waals surface area contributed by atoms with Gasteiger partial charge in [0, 0.05) is 29.1 Å². The van der Waals surface area contributed by atoms with E-state index in [-0.39, 0.29) is 30.1 Å². The number of nitrogens with zero attached hydrogens (tertiary/aromatic N) is 6. The van der Waals surface area contributed by atoms with Crippen LogP contribution < -0.4 is 4.90 Å². The van der Waals surface area contributed by atoms with Crippen LogP contribution in [0.2, 0.25) is 0 Å². The smallest absolute Gasteiger partial charge is 0.270 e. The van der Waals surface area contributed by atoms with Gasteiger partial charge in [-0.1, -0.05) is 60.7 Å². The number of fused-ring (bicyclic) bond motifs is 1. The second kappa shape index (κ2) is 16.5. The highest BCUT2D eigenvalue weighted by Gasteiger charge is 2.24. The highest BCUT2D eigenvalue weighted by atomic mass is 16.3. The fourth-order valence-electron chi connectivity index (χ4n) is 5.85. The maximum atomic E-state index is 10.3. The molecule has 0 aliphatic carbocycles. The topological polar surface area (TPSA) is 119 Å². The number of hydrogen-bond acceptors (Lipinski definition) is 6. The molecule has 3 aromatic rings. The van der Waals surface area contributed by atoms with Crippen molar-refractivity contribution in [2.45, 2.75) is 12.8 Å². The molecule has 0 unspecified atom stereocenters. The molecule has 1 aliphatic heterocycles. The van der Waals surface area contributed by atoms with Crippen LogP contribution in [0.25, 0.3) is 16.0 Å². The molecule has 2 N–H and O–H groups in total. The number of likely N-dealkylation sites (N-methyl/N-ethyl adjacent to an activating group) is 1. The fraction of sp³-hybridized carbons (Fsp3) is 0.231. The molecule has 0 aromatic heterocycles. The molecular weight excluding hydrogens is 584 g/mol. The summed E-state index contributed by atoms with van der Waals surface area (Å²) in [5.74, 6) is 0. The van der Waals surface area contributed by atoms with Crippen molar-refractivity contribution in [1.82, 2.24) is 0 Å². The number of allylic oxidation sites excluding steroid dienone is 6. The van der Waals surface area contributed by atoms with Gasteiger partial charge >= 0.3 is 0 Å². The lowest BCUT2D eigenvalue weighted by Crippen LogP contribution is -2.48. The number of aliphatic hydroxyl groups excluding tert-OH is 2. The van der Waals surface area contributed by atoms with E-state index in [0.29, 0.717) is 35.2 Å². The monoisotopic (exact) mass is 621 g/mol. The number of nitriles is 3. The number of benzene rings is 3. The minimum atomic E-state index is -0.232. The third-order valence-corrected chi connectivity index (χ3v) is 8.33. The van der Waals surface area contributed by atoms with Gasteiger partial charge in [0.2, 0.25) is 0 Å². The maximum Gasteiger partial charge on any atom is 0.270 e. The lowest BCUT2D eigenvalue weighted by molar-refractivity contribution is -0.910. The quantitative estimate of drug-likeness (QED) is 0.0770. The summed E-state index contributed by atoms with van der Waals surface area (Å²) < 4.78 is 0.586. The molecule has 8 nitrogen and oxygen atoms in total. The molecule has 3 aromatic carbocycles. The molecule has 0 fully saturated rings. The van der Waals surface area contributed by atoms with Crippen LogP contribution >= 0.6 is 0 Å². The zero-order valence-corrected chi connectivity index (χ0v) is 26.5. The average molecular weight is 622 g/mol. The van der Waals surface area contributed by atoms with Gasteiger partial charge in [0.05, 0.1) is 62.7 Å². The Labute approximate surface area is 277 Å². The standard InChI is InChI=1S/C39H37N6O2/c1-43-37(29-42)39(32-14-10-11-30(25-32)27-40)33(28-41)17-18-34-26-36(31-12-4-3-5-13-31)35-15-6-7-16-38(35)44(34)19-8-9-20-45(2,21-23-46)22-24-47/h3-7,10-18,25-26,46-47H,8-9,19-24H2,2H3/q+1. The van der Waals surface area contributed by atoms with Crippen LogP contribution in [0.1, 0.15) is 35.1 Å². The molecule has 8 heteroatoms. The van der Waals surface area contributed by atoms with E-state index in [0.717, 1.165) is 47.5 Å². The summed E-state index contributed by atoms with van der Waals surface area (Å²) in [5.41, 5.74) is 5.90. The molecule has 0 radical (unpaired) electrons. The Bertz CT molecular complexity index is 1850. The molecule has 4 rings (SSSR count). The van der Waals surface area contributed by atoms with E-state index in [2.05, 4.69) is 52.2 Å². The Morgan fingerprint density at radius 3 is 2.28 bits per heavy atom. The first kappa shape index (κ1) is 34.1. The van der Waals surface area contributed by atoms with Crippen molar-refractivity contribution in [3.63, 3.8) is 0 Å². The van der Waals surface area contributed by atoms with Crippen molar-refractivity contribution in [3.05, 3.63) is 148 Å². The van der Waals surface area contributed by atoms with Crippen LogP contribution in [-0.2, 0) is 0 Å². The first-order chi connectivity index (χ1) is 22.9. The van der Waals surface area contributed by atoms with E-state index in [1.165, 1.54) is 0 Å². The zero-order valence-electron chi connectivity index (χ0n) is 26.5. The Hall–Kier alpha value is -5.74. The van der Waals surface area contributed by atoms with Crippen molar-refractivity contribution >= 4 is 16.8 Å². The molecule has 1 aliphatic rings. The summed E-state index contributed by atoms with van der Waals surface area (Å²) in [6, 6.07) is 31.1. The van der Waals surface area contributed by atoms with Crippen molar-refractivity contribution in [2.75, 3.05) is 51.3 Å². The van der Waals surface area contributed by atoms with E-state index in [4.69, 9.17) is 6.57 Å². The van der Waals surface area contributed by atoms with Crippen LogP contribution in [0.3, 0.4) is 0 Å². The largest absolute Gasteiger partial charge is 0.391 e. The summed E-state index contributed by atoms with van der Waals surface area (Å²) in [6.45, 7) is 10.4. The Morgan fingerprint density at radius 2 is 1.62 bits per heavy atom. The summed E-state index contributed by atoms with van der Waals surface area (Å²) >= 11 is 0. The molecular formula is C39H37N6O2+. The Balaban J connectivity index is 1.81. The third-order valence-electron chi connectivity index (χ3n) is 8.33. The normalized spacial score (nSPS) is 14.2. The molecule has 1 heterocycles. The molecule has 0 saturated heterocycles. The number of unbranched alkanes of at least 4 members (excludes halogenated alkanes) is 1. The molecule has 0 atom stereocenters. The van der Waals surface area contributed by atoms with E-state index >= 15 is 0 Å². The lowest BCUT2D eigenvalue weighted by Gasteiger charge is -2.35. The van der Waals surface area contributed by atoms with Crippen molar-refractivity contribution in [3.8, 4) is 18.2 Å². The zero-order chi connectivity index (χ0) is 33.6. The van der Waals surface area contributed by atoms with Crippen LogP contribution in [0, 0.1) is 40.6 Å². The lowest BCUT2D eigenvalue weighted by atomic mass is 9.91. The Kier molecular flexibility index (Phi) is 12.0. The van der Waals surface area contributed by atoms with E-state index in [1.54, 1.807) is 30.3 Å². The number of anilines is 1. The van der Waals surface area contributed by atoms with Gasteiger partial charge in [-0.05, 0) is 66.0 Å². The third kappa shape index (κ3) is 8.30. The summed E-state index contributed by atoms with van der Waals surface area (Å²) in [5, 5.41) is 48.8. The van der Waals surface area contributed by atoms with Gasteiger partial charge < -0.3 is 19.6 Å². The highest BCUT2D eigenvalue weighted by molar-refractivity contribution is 5.92. The van der Waals surface area contributed by atoms with Crippen molar-refractivity contribution in [2.24, 2.45) is 0 Å². The van der Waals surface area contributed by atoms with Gasteiger partial charge in [0.15, 0.2) is 0 Å². The van der Waals surface area contributed by atoms with Gasteiger partial charge in [-0.15, -0.1) is 0 Å². The first-order valence-electron chi connectivity index (χ1n) is 15.5. The second-order valence-corrected chi connectivity index (χ2v) is 11.5. The van der Waals surface area contributed by atoms with E-state index in [9.17, 15) is 26.0 Å². The highest BCUT2D eigenvalue weighted by Crippen LogP contribution is 2.39. The predicted molar refractivity (Wildman–Crippen MR) is 184 cm³/mol. The van der Waals surface area contributed by atoms with Gasteiger partial charge in [0.25, 0.3) is 5.70 Å². The minimum Gasteiger partial charge on any atom is -0.391 e. The van der Waals surface area contributed by atoms with Gasteiger partial charge in [0.1, 0.15) is 13.1 Å². The van der Waals surface area contributed by atoms with Crippen LogP contribution in [0.5, 0.6) is 0 Å². The minimum absolute atomic E-state index is 0.0573. The van der Waals surface area contributed by atoms with Crippen LogP contribution in [0.15, 0.2) is 114 Å². The predicted octanol–water partition coefficient (Wildman–Crippen LogP) is 6.21. The Morgan fingerprint density at radius 1 is 0.894 bits per heavy atom. The average Bonchev–Trinajstić information content (AvgIpc) is 3.10. The number of rotatable bonds is 13. The molecule has 0 saturated carbocycles. The number of aliphatic hydroxyl groups is 2. The summed E-state index contributed by atoms with van der Waals surface area (Å²) in [4.78, 5) is 5.63.